The third-order valence-electron chi connectivity index (χ3n) is 5.41. The van der Waals surface area contributed by atoms with Gasteiger partial charge in [0, 0.05) is 28.0 Å². The van der Waals surface area contributed by atoms with Gasteiger partial charge in [-0.2, -0.15) is 10.4 Å². The second-order valence-electron chi connectivity index (χ2n) is 7.20. The highest BCUT2D eigenvalue weighted by Gasteiger charge is 2.16. The van der Waals surface area contributed by atoms with Gasteiger partial charge in [0.15, 0.2) is 0 Å². The number of aromatic amines is 1. The van der Waals surface area contributed by atoms with E-state index in [0.717, 1.165) is 55.5 Å². The number of aromatic nitrogens is 3. The number of nitriles is 1. The number of nitrogens with zero attached hydrogens (tertiary/aromatic N) is 3. The number of nitrogens with one attached hydrogen (secondary N) is 1. The number of methoxy groups -OCH3 is 1. The molecule has 0 aliphatic carbocycles. The first-order valence-electron chi connectivity index (χ1n) is 9.61. The molecule has 0 atom stereocenters. The molecule has 0 spiro atoms. The molecule has 0 aliphatic heterocycles. The minimum absolute atomic E-state index is 0.636. The van der Waals surface area contributed by atoms with Crippen molar-refractivity contribution in [2.24, 2.45) is 0 Å². The van der Waals surface area contributed by atoms with Crippen LogP contribution in [0.15, 0.2) is 66.9 Å². The molecule has 2 aromatic heterocycles. The van der Waals surface area contributed by atoms with E-state index < -0.39 is 0 Å². The van der Waals surface area contributed by atoms with Gasteiger partial charge in [-0.15, -0.1) is 0 Å². The summed E-state index contributed by atoms with van der Waals surface area (Å²) in [6, 6.07) is 22.1. The Bertz CT molecular complexity index is 1450. The smallest absolute Gasteiger partial charge is 0.123 e. The standard InChI is InChI=1S/C25H18N4O/c1-15-10-20-21(12-23(15)30-2)27-14-22-24(20)25(29-28-22)17-8-9-18(13-26)19(11-17)16-6-4-3-5-7-16/h3-12,14H,1-2H3,(H,28,29). The Hall–Kier alpha value is -4.17. The van der Waals surface area contributed by atoms with E-state index in [2.05, 4.69) is 27.3 Å². The number of pyridine rings is 1. The summed E-state index contributed by atoms with van der Waals surface area (Å²) in [6.07, 6.45) is 1.80. The van der Waals surface area contributed by atoms with Crippen LogP contribution in [-0.4, -0.2) is 22.3 Å². The SMILES string of the molecule is COc1cc2ncc3[nH]nc(-c4ccc(C#N)c(-c5ccccc5)c4)c3c2cc1C. The third kappa shape index (κ3) is 2.78. The van der Waals surface area contributed by atoms with Gasteiger partial charge in [-0.05, 0) is 36.2 Å². The van der Waals surface area contributed by atoms with Gasteiger partial charge >= 0.3 is 0 Å². The van der Waals surface area contributed by atoms with Gasteiger partial charge in [0.1, 0.15) is 11.4 Å². The zero-order valence-corrected chi connectivity index (χ0v) is 16.6. The summed E-state index contributed by atoms with van der Waals surface area (Å²) in [7, 11) is 1.66. The van der Waals surface area contributed by atoms with E-state index in [-0.39, 0.29) is 0 Å². The van der Waals surface area contributed by atoms with Crippen molar-refractivity contribution in [1.82, 2.24) is 15.2 Å². The van der Waals surface area contributed by atoms with E-state index in [0.29, 0.717) is 5.56 Å². The van der Waals surface area contributed by atoms with Gasteiger partial charge in [0.05, 0.1) is 36.0 Å². The fourth-order valence-electron chi connectivity index (χ4n) is 3.91. The largest absolute Gasteiger partial charge is 0.496 e. The Morgan fingerprint density at radius 2 is 1.83 bits per heavy atom. The molecule has 2 heterocycles. The van der Waals surface area contributed by atoms with Crippen LogP contribution in [0.25, 0.3) is 44.2 Å². The third-order valence-corrected chi connectivity index (χ3v) is 5.41. The topological polar surface area (TPSA) is 74.6 Å². The molecule has 144 valence electrons. The molecule has 5 aromatic rings. The van der Waals surface area contributed by atoms with Crippen LogP contribution in [0.1, 0.15) is 11.1 Å². The number of hydrogen-bond acceptors (Lipinski definition) is 4. The van der Waals surface area contributed by atoms with Crippen LogP contribution in [0.4, 0.5) is 0 Å². The molecule has 0 saturated heterocycles. The lowest BCUT2D eigenvalue weighted by Gasteiger charge is -2.09. The average Bonchev–Trinajstić information content (AvgIpc) is 3.23. The minimum atomic E-state index is 0.636. The second kappa shape index (κ2) is 7.02. The van der Waals surface area contributed by atoms with Crippen molar-refractivity contribution >= 4 is 21.8 Å². The maximum absolute atomic E-state index is 9.60. The summed E-state index contributed by atoms with van der Waals surface area (Å²) in [5.41, 5.74) is 7.07. The number of H-pyrrole nitrogens is 1. The fraction of sp³-hybridized carbons (Fsp3) is 0.0800. The van der Waals surface area contributed by atoms with Crippen LogP contribution >= 0.6 is 0 Å². The zero-order chi connectivity index (χ0) is 20.7. The van der Waals surface area contributed by atoms with Gasteiger partial charge < -0.3 is 4.74 Å². The Kier molecular flexibility index (Phi) is 4.19. The first kappa shape index (κ1) is 17.9. The average molecular weight is 390 g/mol. The number of ether oxygens (including phenoxy) is 1. The molecule has 0 radical (unpaired) electrons. The molecule has 5 heteroatoms. The monoisotopic (exact) mass is 390 g/mol. The lowest BCUT2D eigenvalue weighted by Crippen LogP contribution is -1.90. The quantitative estimate of drug-likeness (QED) is 0.433. The van der Waals surface area contributed by atoms with E-state index in [9.17, 15) is 5.26 Å². The summed E-state index contributed by atoms with van der Waals surface area (Å²) in [5.74, 6) is 0.809. The maximum atomic E-state index is 9.60. The van der Waals surface area contributed by atoms with Gasteiger partial charge in [-0.25, -0.2) is 0 Å². The van der Waals surface area contributed by atoms with Crippen LogP contribution < -0.4 is 4.74 Å². The second-order valence-corrected chi connectivity index (χ2v) is 7.20. The molecule has 0 unspecified atom stereocenters. The predicted octanol–water partition coefficient (Wildman–Crippen LogP) is 5.63. The molecule has 30 heavy (non-hydrogen) atoms. The summed E-state index contributed by atoms with van der Waals surface area (Å²) >= 11 is 0. The van der Waals surface area contributed by atoms with Crippen LogP contribution in [0.3, 0.4) is 0 Å². The molecule has 0 bridgehead atoms. The molecule has 1 N–H and O–H groups in total. The number of aryl methyl sites for hydroxylation is 1. The predicted molar refractivity (Wildman–Crippen MR) is 118 cm³/mol. The lowest BCUT2D eigenvalue weighted by molar-refractivity contribution is 0.412. The maximum Gasteiger partial charge on any atom is 0.123 e. The first-order chi connectivity index (χ1) is 14.7. The molecule has 5 rings (SSSR count). The van der Waals surface area contributed by atoms with Crippen LogP contribution in [0.5, 0.6) is 5.75 Å². The highest BCUT2D eigenvalue weighted by molar-refractivity contribution is 6.11. The van der Waals surface area contributed by atoms with Gasteiger partial charge in [0.25, 0.3) is 0 Å². The lowest BCUT2D eigenvalue weighted by atomic mass is 9.95. The molecule has 0 amide bonds. The normalized spacial score (nSPS) is 11.0. The molecule has 3 aromatic carbocycles. The van der Waals surface area contributed by atoms with E-state index in [1.807, 2.05) is 61.5 Å². The van der Waals surface area contributed by atoms with Crippen molar-refractivity contribution in [2.75, 3.05) is 7.11 Å². The molecular formula is C25H18N4O. The Morgan fingerprint density at radius 3 is 2.60 bits per heavy atom. The Morgan fingerprint density at radius 1 is 1.00 bits per heavy atom. The van der Waals surface area contributed by atoms with E-state index in [4.69, 9.17) is 4.74 Å². The van der Waals surface area contributed by atoms with Crippen LogP contribution in [0.2, 0.25) is 0 Å². The molecular weight excluding hydrogens is 372 g/mol. The Labute approximate surface area is 173 Å². The van der Waals surface area contributed by atoms with Gasteiger partial charge in [-0.3, -0.25) is 10.1 Å². The van der Waals surface area contributed by atoms with E-state index in [1.165, 1.54) is 0 Å². The van der Waals surface area contributed by atoms with E-state index >= 15 is 0 Å². The van der Waals surface area contributed by atoms with Crippen molar-refractivity contribution in [3.05, 3.63) is 78.0 Å². The highest BCUT2D eigenvalue weighted by Crippen LogP contribution is 2.36. The van der Waals surface area contributed by atoms with Crippen molar-refractivity contribution in [2.45, 2.75) is 6.92 Å². The highest BCUT2D eigenvalue weighted by atomic mass is 16.5. The molecule has 5 nitrogen and oxygen atoms in total. The van der Waals surface area contributed by atoms with Gasteiger partial charge in [-0.1, -0.05) is 36.4 Å². The van der Waals surface area contributed by atoms with Crippen molar-refractivity contribution < 1.29 is 4.74 Å². The van der Waals surface area contributed by atoms with Crippen molar-refractivity contribution in [3.63, 3.8) is 0 Å². The zero-order valence-electron chi connectivity index (χ0n) is 16.6. The van der Waals surface area contributed by atoms with Crippen LogP contribution in [-0.2, 0) is 0 Å². The first-order valence-corrected chi connectivity index (χ1v) is 9.61. The number of rotatable bonds is 3. The summed E-state index contributed by atoms with van der Waals surface area (Å²) < 4.78 is 5.46. The summed E-state index contributed by atoms with van der Waals surface area (Å²) in [6.45, 7) is 2.02. The van der Waals surface area contributed by atoms with Gasteiger partial charge in [0.2, 0.25) is 0 Å². The number of fused-ring (bicyclic) bond motifs is 3. The van der Waals surface area contributed by atoms with Crippen LogP contribution in [0, 0.1) is 18.3 Å². The molecule has 0 aliphatic rings. The molecule has 0 fully saturated rings. The minimum Gasteiger partial charge on any atom is -0.496 e. The summed E-state index contributed by atoms with van der Waals surface area (Å²) in [5, 5.41) is 19.3. The van der Waals surface area contributed by atoms with E-state index in [1.54, 1.807) is 13.3 Å². The number of benzene rings is 3. The number of hydrogen-bond donors (Lipinski definition) is 1. The fourth-order valence-corrected chi connectivity index (χ4v) is 3.91. The Balaban J connectivity index is 1.78. The van der Waals surface area contributed by atoms with Crippen molar-refractivity contribution in [1.29, 1.82) is 5.26 Å². The molecule has 0 saturated carbocycles. The summed E-state index contributed by atoms with van der Waals surface area (Å²) in [4.78, 5) is 4.56. The van der Waals surface area contributed by atoms with Crippen molar-refractivity contribution in [3.8, 4) is 34.2 Å².